The van der Waals surface area contributed by atoms with E-state index in [1.54, 1.807) is 0 Å². The Morgan fingerprint density at radius 1 is 1.43 bits per heavy atom. The molecule has 0 aromatic carbocycles. The highest BCUT2D eigenvalue weighted by Crippen LogP contribution is 2.42. The lowest BCUT2D eigenvalue weighted by molar-refractivity contribution is -0.0397. The molecule has 3 nitrogen and oxygen atoms in total. The Hall–Kier alpha value is -1.13. The van der Waals surface area contributed by atoms with Gasteiger partial charge in [-0.05, 0) is 12.8 Å². The first-order chi connectivity index (χ1) is 6.58. The van der Waals surface area contributed by atoms with Gasteiger partial charge < -0.3 is 10.3 Å². The van der Waals surface area contributed by atoms with Crippen LogP contribution in [0.3, 0.4) is 0 Å². The van der Waals surface area contributed by atoms with Gasteiger partial charge in [0.25, 0.3) is 0 Å². The largest absolute Gasteiger partial charge is 0.395 e. The van der Waals surface area contributed by atoms with Crippen molar-refractivity contribution in [2.45, 2.75) is 37.5 Å². The average Bonchev–Trinajstić information content (AvgIpc) is 2.52. The molecular formula is C9H12F2N2O. The summed E-state index contributed by atoms with van der Waals surface area (Å²) in [5.74, 6) is -1.93. The van der Waals surface area contributed by atoms with Gasteiger partial charge in [0, 0.05) is 18.8 Å². The second-order valence-electron chi connectivity index (χ2n) is 3.78. The van der Waals surface area contributed by atoms with Crippen LogP contribution in [0.4, 0.5) is 14.5 Å². The van der Waals surface area contributed by atoms with E-state index in [9.17, 15) is 8.78 Å². The average molecular weight is 202 g/mol. The molecule has 1 aromatic heterocycles. The molecule has 1 saturated carbocycles. The van der Waals surface area contributed by atoms with Crippen LogP contribution >= 0.6 is 0 Å². The van der Waals surface area contributed by atoms with Gasteiger partial charge in [0.15, 0.2) is 5.76 Å². The van der Waals surface area contributed by atoms with Crippen molar-refractivity contribution < 1.29 is 13.3 Å². The third kappa shape index (κ3) is 1.71. The Morgan fingerprint density at radius 3 is 2.57 bits per heavy atom. The Bertz CT molecular complexity index is 314. The second-order valence-corrected chi connectivity index (χ2v) is 3.78. The van der Waals surface area contributed by atoms with E-state index in [-0.39, 0.29) is 18.8 Å². The number of nitrogens with two attached hydrogens (primary N) is 1. The van der Waals surface area contributed by atoms with Crippen molar-refractivity contribution in [3.8, 4) is 0 Å². The summed E-state index contributed by atoms with van der Waals surface area (Å²) in [6, 6.07) is 0. The van der Waals surface area contributed by atoms with E-state index in [2.05, 4.69) is 5.16 Å². The molecular weight excluding hydrogens is 190 g/mol. The Balaban J connectivity index is 2.06. The highest BCUT2D eigenvalue weighted by molar-refractivity contribution is 5.40. The molecule has 0 atom stereocenters. The second kappa shape index (κ2) is 3.22. The minimum absolute atomic E-state index is 0.0112. The quantitative estimate of drug-likeness (QED) is 0.761. The summed E-state index contributed by atoms with van der Waals surface area (Å²) in [6.07, 6.45) is 2.09. The lowest BCUT2D eigenvalue weighted by Crippen LogP contribution is -2.23. The molecule has 5 heteroatoms. The van der Waals surface area contributed by atoms with Crippen LogP contribution < -0.4 is 5.73 Å². The highest BCUT2D eigenvalue weighted by atomic mass is 19.3. The number of nitrogen functional groups attached to an aromatic ring is 1. The summed E-state index contributed by atoms with van der Waals surface area (Å²) in [5, 5.41) is 3.55. The van der Waals surface area contributed by atoms with Gasteiger partial charge in [-0.15, -0.1) is 0 Å². The molecule has 0 unspecified atom stereocenters. The monoisotopic (exact) mass is 202 g/mol. The molecule has 0 bridgehead atoms. The van der Waals surface area contributed by atoms with Gasteiger partial charge in [0.05, 0.1) is 11.9 Å². The molecule has 0 amide bonds. The zero-order valence-electron chi connectivity index (χ0n) is 7.67. The summed E-state index contributed by atoms with van der Waals surface area (Å²) < 4.78 is 30.6. The van der Waals surface area contributed by atoms with Crippen LogP contribution in [0.25, 0.3) is 0 Å². The molecule has 2 N–H and O–H groups in total. The van der Waals surface area contributed by atoms with Crippen molar-refractivity contribution in [3.05, 3.63) is 12.0 Å². The number of halogens is 2. The summed E-state index contributed by atoms with van der Waals surface area (Å²) in [4.78, 5) is 0. The maximum atomic E-state index is 12.8. The smallest absolute Gasteiger partial charge is 0.248 e. The molecule has 2 rings (SSSR count). The van der Waals surface area contributed by atoms with E-state index >= 15 is 0 Å². The number of anilines is 1. The number of rotatable bonds is 1. The molecule has 1 aliphatic carbocycles. The third-order valence-electron chi connectivity index (χ3n) is 2.72. The molecule has 14 heavy (non-hydrogen) atoms. The van der Waals surface area contributed by atoms with Gasteiger partial charge in [-0.25, -0.2) is 8.78 Å². The van der Waals surface area contributed by atoms with Crippen LogP contribution in [-0.2, 0) is 0 Å². The molecule has 1 heterocycles. The van der Waals surface area contributed by atoms with Crippen molar-refractivity contribution in [1.29, 1.82) is 0 Å². The molecule has 0 aliphatic heterocycles. The normalized spacial score (nSPS) is 22.4. The number of hydrogen-bond donors (Lipinski definition) is 1. The van der Waals surface area contributed by atoms with Crippen LogP contribution in [0.15, 0.2) is 10.7 Å². The molecule has 1 aliphatic rings. The van der Waals surface area contributed by atoms with Gasteiger partial charge in [-0.3, -0.25) is 0 Å². The van der Waals surface area contributed by atoms with Crippen molar-refractivity contribution >= 4 is 5.69 Å². The van der Waals surface area contributed by atoms with Crippen molar-refractivity contribution in [2.24, 2.45) is 0 Å². The summed E-state index contributed by atoms with van der Waals surface area (Å²) in [7, 11) is 0. The van der Waals surface area contributed by atoms with Crippen LogP contribution in [-0.4, -0.2) is 11.1 Å². The first-order valence-electron chi connectivity index (χ1n) is 4.66. The topological polar surface area (TPSA) is 52.0 Å². The summed E-state index contributed by atoms with van der Waals surface area (Å²) in [5.41, 5.74) is 6.07. The SMILES string of the molecule is Nc1cnoc1C1CCC(F)(F)CC1. The van der Waals surface area contributed by atoms with Crippen LogP contribution in [0.2, 0.25) is 0 Å². The van der Waals surface area contributed by atoms with E-state index in [1.807, 2.05) is 0 Å². The van der Waals surface area contributed by atoms with Crippen LogP contribution in [0.1, 0.15) is 37.4 Å². The molecule has 1 aromatic rings. The third-order valence-corrected chi connectivity index (χ3v) is 2.72. The van der Waals surface area contributed by atoms with Gasteiger partial charge in [0.2, 0.25) is 5.92 Å². The Kier molecular flexibility index (Phi) is 2.17. The fourth-order valence-corrected chi connectivity index (χ4v) is 1.87. The first-order valence-corrected chi connectivity index (χ1v) is 4.66. The van der Waals surface area contributed by atoms with Gasteiger partial charge in [-0.1, -0.05) is 5.16 Å². The van der Waals surface area contributed by atoms with Crippen molar-refractivity contribution in [3.63, 3.8) is 0 Å². The van der Waals surface area contributed by atoms with E-state index in [0.29, 0.717) is 24.3 Å². The number of aromatic nitrogens is 1. The fraction of sp³-hybridized carbons (Fsp3) is 0.667. The van der Waals surface area contributed by atoms with Gasteiger partial charge in [-0.2, -0.15) is 0 Å². The van der Waals surface area contributed by atoms with Crippen LogP contribution in [0, 0.1) is 0 Å². The summed E-state index contributed by atoms with van der Waals surface area (Å²) >= 11 is 0. The predicted molar refractivity (Wildman–Crippen MR) is 47.1 cm³/mol. The minimum atomic E-state index is -2.51. The van der Waals surface area contributed by atoms with E-state index in [1.165, 1.54) is 6.20 Å². The predicted octanol–water partition coefficient (Wildman–Crippen LogP) is 2.55. The number of nitrogens with zero attached hydrogens (tertiary/aromatic N) is 1. The van der Waals surface area contributed by atoms with Crippen molar-refractivity contribution in [2.75, 3.05) is 5.73 Å². The zero-order valence-corrected chi connectivity index (χ0v) is 7.67. The molecule has 0 spiro atoms. The summed E-state index contributed by atoms with van der Waals surface area (Å²) in [6.45, 7) is 0. The van der Waals surface area contributed by atoms with Gasteiger partial charge >= 0.3 is 0 Å². The Labute approximate surface area is 80.3 Å². The van der Waals surface area contributed by atoms with E-state index in [0.717, 1.165) is 0 Å². The Morgan fingerprint density at radius 2 is 2.07 bits per heavy atom. The molecule has 0 radical (unpaired) electrons. The van der Waals surface area contributed by atoms with E-state index < -0.39 is 5.92 Å². The number of hydrogen-bond acceptors (Lipinski definition) is 3. The fourth-order valence-electron chi connectivity index (χ4n) is 1.87. The number of alkyl halides is 2. The first kappa shape index (κ1) is 9.43. The van der Waals surface area contributed by atoms with Crippen molar-refractivity contribution in [1.82, 2.24) is 5.16 Å². The van der Waals surface area contributed by atoms with E-state index in [4.69, 9.17) is 10.3 Å². The lowest BCUT2D eigenvalue weighted by Gasteiger charge is -2.26. The highest BCUT2D eigenvalue weighted by Gasteiger charge is 2.37. The maximum Gasteiger partial charge on any atom is 0.248 e. The zero-order chi connectivity index (χ0) is 10.2. The standard InChI is InChI=1S/C9H12F2N2O/c10-9(11)3-1-6(2-4-9)8-7(12)5-13-14-8/h5-6H,1-4,12H2. The minimum Gasteiger partial charge on any atom is -0.395 e. The van der Waals surface area contributed by atoms with Crippen LogP contribution in [0.5, 0.6) is 0 Å². The molecule has 1 fully saturated rings. The van der Waals surface area contributed by atoms with Gasteiger partial charge in [0.1, 0.15) is 0 Å². The molecule has 78 valence electrons. The molecule has 0 saturated heterocycles. The maximum absolute atomic E-state index is 12.8. The lowest BCUT2D eigenvalue weighted by atomic mass is 9.85.